The summed E-state index contributed by atoms with van der Waals surface area (Å²) in [6.45, 7) is 2.40. The molecule has 0 spiro atoms. The van der Waals surface area contributed by atoms with Crippen molar-refractivity contribution < 1.29 is 9.53 Å². The van der Waals surface area contributed by atoms with E-state index in [9.17, 15) is 4.79 Å². The zero-order valence-electron chi connectivity index (χ0n) is 15.6. The largest absolute Gasteiger partial charge is 0.484 e. The van der Waals surface area contributed by atoms with E-state index in [1.165, 1.54) is 0 Å². The van der Waals surface area contributed by atoms with Crippen molar-refractivity contribution in [3.05, 3.63) is 86.9 Å². The molecule has 7 heteroatoms. The zero-order valence-corrected chi connectivity index (χ0v) is 17.9. The minimum absolute atomic E-state index is 0.0938. The molecule has 4 nitrogen and oxygen atoms in total. The van der Waals surface area contributed by atoms with Gasteiger partial charge in [-0.1, -0.05) is 53.0 Å². The van der Waals surface area contributed by atoms with Gasteiger partial charge in [0.1, 0.15) is 5.75 Å². The second-order valence-electron chi connectivity index (χ2n) is 6.42. The molecule has 3 aromatic carbocycles. The van der Waals surface area contributed by atoms with Crippen molar-refractivity contribution in [3.63, 3.8) is 0 Å². The van der Waals surface area contributed by atoms with Crippen molar-refractivity contribution in [1.29, 1.82) is 0 Å². The molecule has 0 aliphatic heterocycles. The summed E-state index contributed by atoms with van der Waals surface area (Å²) < 4.78 is 5.54. The molecule has 3 aromatic rings. The Morgan fingerprint density at radius 3 is 2.38 bits per heavy atom. The van der Waals surface area contributed by atoms with Crippen molar-refractivity contribution in [2.45, 2.75) is 13.5 Å². The summed E-state index contributed by atoms with van der Waals surface area (Å²) in [5.41, 5.74) is 3.44. The maximum Gasteiger partial charge on any atom is 0.262 e. The Morgan fingerprint density at radius 2 is 1.69 bits per heavy atom. The number of ether oxygens (including phenoxy) is 1. The number of hydrogen-bond acceptors (Lipinski definition) is 3. The number of benzene rings is 3. The molecule has 3 rings (SSSR count). The molecule has 0 saturated heterocycles. The molecule has 29 heavy (non-hydrogen) atoms. The van der Waals surface area contributed by atoms with Crippen LogP contribution in [-0.2, 0) is 11.3 Å². The number of aryl methyl sites for hydroxylation is 1. The first-order valence-electron chi connectivity index (χ1n) is 8.87. The van der Waals surface area contributed by atoms with Crippen molar-refractivity contribution in [1.82, 2.24) is 0 Å². The average molecular weight is 450 g/mol. The fourth-order valence-electron chi connectivity index (χ4n) is 2.55. The molecular weight excluding hydrogens is 431 g/mol. The first-order valence-corrected chi connectivity index (χ1v) is 10.0. The number of amides is 1. The first-order chi connectivity index (χ1) is 13.9. The monoisotopic (exact) mass is 448 g/mol. The van der Waals surface area contributed by atoms with E-state index in [0.29, 0.717) is 33.0 Å². The Bertz CT molecular complexity index is 1010. The maximum atomic E-state index is 12.1. The molecule has 0 saturated carbocycles. The molecule has 1 amide bonds. The van der Waals surface area contributed by atoms with Crippen LogP contribution < -0.4 is 15.4 Å². The van der Waals surface area contributed by atoms with Gasteiger partial charge in [0.15, 0.2) is 6.61 Å². The lowest BCUT2D eigenvalue weighted by atomic mass is 10.2. The van der Waals surface area contributed by atoms with Crippen molar-refractivity contribution >= 4 is 52.1 Å². The van der Waals surface area contributed by atoms with Crippen LogP contribution in [0, 0.1) is 6.92 Å². The summed E-state index contributed by atoms with van der Waals surface area (Å²) in [5.74, 6) is 0.350. The smallest absolute Gasteiger partial charge is 0.262 e. The average Bonchev–Trinajstić information content (AvgIpc) is 2.69. The first kappa shape index (κ1) is 21.3. The van der Waals surface area contributed by atoms with Crippen molar-refractivity contribution in [2.24, 2.45) is 0 Å². The molecule has 0 aromatic heterocycles. The number of carbonyl (C=O) groups excluding carboxylic acids is 1. The number of anilines is 2. The van der Waals surface area contributed by atoms with Crippen LogP contribution >= 0.6 is 34.8 Å². The van der Waals surface area contributed by atoms with Gasteiger partial charge in [0, 0.05) is 22.3 Å². The van der Waals surface area contributed by atoms with E-state index in [2.05, 4.69) is 10.6 Å². The van der Waals surface area contributed by atoms with Gasteiger partial charge in [0.05, 0.1) is 10.7 Å². The van der Waals surface area contributed by atoms with Crippen LogP contribution in [0.2, 0.25) is 15.1 Å². The van der Waals surface area contributed by atoms with Gasteiger partial charge in [-0.15, -0.1) is 0 Å². The molecule has 0 bridgehead atoms. The SMILES string of the molecule is Cc1ccc(NC(=O)COc2ccc(CNc3ccc(Cl)cc3Cl)cc2)cc1Cl. The standard InChI is InChI=1S/C22H19Cl3N2O2/c1-14-2-6-17(11-19(14)24)27-22(28)13-29-18-7-3-15(4-8-18)12-26-21-9-5-16(23)10-20(21)25/h2-11,26H,12-13H2,1H3,(H,27,28). The molecule has 0 radical (unpaired) electrons. The highest BCUT2D eigenvalue weighted by Crippen LogP contribution is 2.26. The highest BCUT2D eigenvalue weighted by atomic mass is 35.5. The lowest BCUT2D eigenvalue weighted by Gasteiger charge is -2.11. The third-order valence-electron chi connectivity index (χ3n) is 4.16. The molecule has 0 heterocycles. The summed E-state index contributed by atoms with van der Waals surface area (Å²) in [7, 11) is 0. The van der Waals surface area contributed by atoms with Crippen LogP contribution in [0.4, 0.5) is 11.4 Å². The predicted octanol–water partition coefficient (Wildman–Crippen LogP) is 6.58. The Labute approximate surface area is 184 Å². The molecule has 0 atom stereocenters. The van der Waals surface area contributed by atoms with E-state index in [4.69, 9.17) is 39.5 Å². The summed E-state index contributed by atoms with van der Waals surface area (Å²) in [6.07, 6.45) is 0. The summed E-state index contributed by atoms with van der Waals surface area (Å²) in [5, 5.41) is 7.78. The topological polar surface area (TPSA) is 50.4 Å². The van der Waals surface area contributed by atoms with Crippen LogP contribution in [0.1, 0.15) is 11.1 Å². The second kappa shape index (κ2) is 9.88. The van der Waals surface area contributed by atoms with Gasteiger partial charge in [-0.25, -0.2) is 0 Å². The Balaban J connectivity index is 1.48. The van der Waals surface area contributed by atoms with Crippen LogP contribution in [0.3, 0.4) is 0 Å². The van der Waals surface area contributed by atoms with E-state index in [1.807, 2.05) is 43.3 Å². The van der Waals surface area contributed by atoms with E-state index in [1.54, 1.807) is 24.3 Å². The lowest BCUT2D eigenvalue weighted by Crippen LogP contribution is -2.20. The molecule has 0 aliphatic rings. The van der Waals surface area contributed by atoms with Crippen LogP contribution in [0.15, 0.2) is 60.7 Å². The minimum Gasteiger partial charge on any atom is -0.484 e. The van der Waals surface area contributed by atoms with E-state index in [-0.39, 0.29) is 12.5 Å². The Morgan fingerprint density at radius 1 is 0.931 bits per heavy atom. The van der Waals surface area contributed by atoms with Gasteiger partial charge >= 0.3 is 0 Å². The highest BCUT2D eigenvalue weighted by Gasteiger charge is 2.06. The summed E-state index contributed by atoms with van der Waals surface area (Å²) in [4.78, 5) is 12.1. The number of nitrogens with one attached hydrogen (secondary N) is 2. The number of carbonyl (C=O) groups is 1. The fraction of sp³-hybridized carbons (Fsp3) is 0.136. The molecule has 150 valence electrons. The van der Waals surface area contributed by atoms with Crippen molar-refractivity contribution in [2.75, 3.05) is 17.2 Å². The van der Waals surface area contributed by atoms with Gasteiger partial charge < -0.3 is 15.4 Å². The van der Waals surface area contributed by atoms with Crippen LogP contribution in [0.25, 0.3) is 0 Å². The summed E-state index contributed by atoms with van der Waals surface area (Å²) >= 11 is 18.1. The van der Waals surface area contributed by atoms with Gasteiger partial charge in [-0.3, -0.25) is 4.79 Å². The van der Waals surface area contributed by atoms with Crippen LogP contribution in [-0.4, -0.2) is 12.5 Å². The molecule has 0 fully saturated rings. The Hall–Kier alpha value is -2.40. The lowest BCUT2D eigenvalue weighted by molar-refractivity contribution is -0.118. The van der Waals surface area contributed by atoms with Gasteiger partial charge in [-0.05, 0) is 60.5 Å². The highest BCUT2D eigenvalue weighted by molar-refractivity contribution is 6.36. The Kier molecular flexibility index (Phi) is 7.26. The van der Waals surface area contributed by atoms with E-state index in [0.717, 1.165) is 16.8 Å². The van der Waals surface area contributed by atoms with Crippen molar-refractivity contribution in [3.8, 4) is 5.75 Å². The molecule has 0 aliphatic carbocycles. The van der Waals surface area contributed by atoms with E-state index < -0.39 is 0 Å². The van der Waals surface area contributed by atoms with Crippen LogP contribution in [0.5, 0.6) is 5.75 Å². The molecule has 2 N–H and O–H groups in total. The third kappa shape index (κ3) is 6.29. The second-order valence-corrected chi connectivity index (χ2v) is 7.67. The zero-order chi connectivity index (χ0) is 20.8. The molecular formula is C22H19Cl3N2O2. The van der Waals surface area contributed by atoms with Gasteiger partial charge in [0.2, 0.25) is 0 Å². The van der Waals surface area contributed by atoms with Gasteiger partial charge in [-0.2, -0.15) is 0 Å². The maximum absolute atomic E-state index is 12.1. The number of rotatable bonds is 7. The minimum atomic E-state index is -0.256. The van der Waals surface area contributed by atoms with Gasteiger partial charge in [0.25, 0.3) is 5.91 Å². The summed E-state index contributed by atoms with van der Waals surface area (Å²) in [6, 6.07) is 18.1. The number of halogens is 3. The fourth-order valence-corrected chi connectivity index (χ4v) is 3.21. The predicted molar refractivity (Wildman–Crippen MR) is 121 cm³/mol. The number of hydrogen-bond donors (Lipinski definition) is 2. The normalized spacial score (nSPS) is 10.5. The van der Waals surface area contributed by atoms with E-state index >= 15 is 0 Å². The quantitative estimate of drug-likeness (QED) is 0.428. The third-order valence-corrected chi connectivity index (χ3v) is 5.12. The molecule has 0 unspecified atom stereocenters.